The van der Waals surface area contributed by atoms with Crippen LogP contribution in [0.15, 0.2) is 158 Å². The molecule has 0 radical (unpaired) electrons. The minimum Gasteiger partial charge on any atom is -0.235 e. The lowest BCUT2D eigenvalue weighted by atomic mass is 9.98. The summed E-state index contributed by atoms with van der Waals surface area (Å²) in [4.78, 5) is 20.2. The molecule has 4 nitrogen and oxygen atoms in total. The molecular formula is C40H26N4S. The van der Waals surface area contributed by atoms with Gasteiger partial charge in [-0.15, -0.1) is 11.3 Å². The van der Waals surface area contributed by atoms with Gasteiger partial charge >= 0.3 is 0 Å². The number of hydrogen-bond acceptors (Lipinski definition) is 5. The van der Waals surface area contributed by atoms with Crippen LogP contribution >= 0.6 is 11.3 Å². The van der Waals surface area contributed by atoms with Crippen LogP contribution in [-0.2, 0) is 0 Å². The van der Waals surface area contributed by atoms with E-state index >= 15 is 0 Å². The third kappa shape index (κ3) is 5.30. The highest BCUT2D eigenvalue weighted by molar-refractivity contribution is 7.21. The number of thiazole rings is 1. The van der Waals surface area contributed by atoms with E-state index in [1.807, 2.05) is 48.5 Å². The Morgan fingerprint density at radius 3 is 1.44 bits per heavy atom. The summed E-state index contributed by atoms with van der Waals surface area (Å²) < 4.78 is 1.14. The van der Waals surface area contributed by atoms with E-state index in [1.54, 1.807) is 11.3 Å². The predicted octanol–water partition coefficient (Wildman–Crippen LogP) is 10.5. The van der Waals surface area contributed by atoms with Crippen molar-refractivity contribution in [1.29, 1.82) is 0 Å². The van der Waals surface area contributed by atoms with Crippen molar-refractivity contribution >= 4 is 21.6 Å². The van der Waals surface area contributed by atoms with Gasteiger partial charge in [0.2, 0.25) is 0 Å². The van der Waals surface area contributed by atoms with Gasteiger partial charge in [-0.1, -0.05) is 152 Å². The molecule has 0 saturated carbocycles. The number of rotatable bonds is 6. The zero-order valence-electron chi connectivity index (χ0n) is 24.2. The molecule has 8 rings (SSSR count). The van der Waals surface area contributed by atoms with Crippen LogP contribution in [0.3, 0.4) is 0 Å². The predicted molar refractivity (Wildman–Crippen MR) is 186 cm³/mol. The molecule has 0 spiro atoms. The second kappa shape index (κ2) is 11.7. The molecule has 0 amide bonds. The van der Waals surface area contributed by atoms with E-state index in [4.69, 9.17) is 19.9 Å². The van der Waals surface area contributed by atoms with Crippen LogP contribution in [0.4, 0.5) is 0 Å². The van der Waals surface area contributed by atoms with Gasteiger partial charge in [-0.05, 0) is 22.8 Å². The van der Waals surface area contributed by atoms with Gasteiger partial charge in [0.1, 0.15) is 5.01 Å². The Morgan fingerprint density at radius 2 is 0.778 bits per heavy atom. The molecule has 0 aliphatic heterocycles. The van der Waals surface area contributed by atoms with Crippen LogP contribution in [0.5, 0.6) is 0 Å². The molecule has 5 heteroatoms. The van der Waals surface area contributed by atoms with Gasteiger partial charge in [0.05, 0.1) is 10.2 Å². The largest absolute Gasteiger partial charge is 0.235 e. The van der Waals surface area contributed by atoms with Crippen LogP contribution < -0.4 is 0 Å². The van der Waals surface area contributed by atoms with Gasteiger partial charge in [0.15, 0.2) is 17.5 Å². The SMILES string of the molecule is c1ccc(-c2ccc(-c3nc(-c4ccccc4)nc(-c4ccccc4-c4cccc5sc(-c6ccccc6)nc45)n3)cc2)cc1. The van der Waals surface area contributed by atoms with Crippen LogP contribution in [-0.4, -0.2) is 19.9 Å². The van der Waals surface area contributed by atoms with Crippen LogP contribution in [0.25, 0.3) is 77.2 Å². The lowest BCUT2D eigenvalue weighted by Gasteiger charge is -2.12. The molecule has 0 aliphatic rings. The normalized spacial score (nSPS) is 11.1. The van der Waals surface area contributed by atoms with Crippen molar-refractivity contribution in [3.8, 4) is 67.0 Å². The average Bonchev–Trinajstić information content (AvgIpc) is 3.58. The Hall–Kier alpha value is -5.78. The Balaban J connectivity index is 1.28. The maximum atomic E-state index is 5.12. The molecule has 0 unspecified atom stereocenters. The topological polar surface area (TPSA) is 51.6 Å². The quantitative estimate of drug-likeness (QED) is 0.192. The molecule has 0 bridgehead atoms. The van der Waals surface area contributed by atoms with Crippen molar-refractivity contribution in [2.75, 3.05) is 0 Å². The second-order valence-electron chi connectivity index (χ2n) is 10.7. The van der Waals surface area contributed by atoms with Gasteiger partial charge in [0, 0.05) is 27.8 Å². The highest BCUT2D eigenvalue weighted by atomic mass is 32.1. The second-order valence-corrected chi connectivity index (χ2v) is 11.7. The highest BCUT2D eigenvalue weighted by Crippen LogP contribution is 2.39. The fourth-order valence-corrected chi connectivity index (χ4v) is 6.57. The van der Waals surface area contributed by atoms with Crippen molar-refractivity contribution < 1.29 is 0 Å². The number of benzene rings is 6. The molecule has 0 fully saturated rings. The van der Waals surface area contributed by atoms with Crippen molar-refractivity contribution in [1.82, 2.24) is 19.9 Å². The first-order valence-corrected chi connectivity index (χ1v) is 15.6. The van der Waals surface area contributed by atoms with E-state index in [9.17, 15) is 0 Å². The molecule has 0 saturated heterocycles. The number of aromatic nitrogens is 4. The molecule has 212 valence electrons. The maximum absolute atomic E-state index is 5.12. The molecule has 0 N–H and O–H groups in total. The van der Waals surface area contributed by atoms with E-state index < -0.39 is 0 Å². The molecule has 8 aromatic rings. The van der Waals surface area contributed by atoms with Crippen molar-refractivity contribution in [2.24, 2.45) is 0 Å². The maximum Gasteiger partial charge on any atom is 0.164 e. The average molecular weight is 595 g/mol. The summed E-state index contributed by atoms with van der Waals surface area (Å²) in [6.45, 7) is 0. The monoisotopic (exact) mass is 594 g/mol. The summed E-state index contributed by atoms with van der Waals surface area (Å²) in [5.41, 5.74) is 9.30. The van der Waals surface area contributed by atoms with E-state index in [1.165, 1.54) is 5.56 Å². The lowest BCUT2D eigenvalue weighted by Crippen LogP contribution is -2.01. The van der Waals surface area contributed by atoms with Gasteiger partial charge in [-0.3, -0.25) is 0 Å². The van der Waals surface area contributed by atoms with Crippen LogP contribution in [0.2, 0.25) is 0 Å². The lowest BCUT2D eigenvalue weighted by molar-refractivity contribution is 1.07. The van der Waals surface area contributed by atoms with Crippen LogP contribution in [0, 0.1) is 0 Å². The number of fused-ring (bicyclic) bond motifs is 1. The molecule has 2 heterocycles. The van der Waals surface area contributed by atoms with E-state index in [-0.39, 0.29) is 0 Å². The smallest absolute Gasteiger partial charge is 0.164 e. The molecule has 0 aliphatic carbocycles. The van der Waals surface area contributed by atoms with Crippen molar-refractivity contribution in [3.63, 3.8) is 0 Å². The molecular weight excluding hydrogens is 569 g/mol. The number of hydrogen-bond donors (Lipinski definition) is 0. The Labute approximate surface area is 265 Å². The van der Waals surface area contributed by atoms with Gasteiger partial charge in [-0.25, -0.2) is 19.9 Å². The summed E-state index contributed by atoms with van der Waals surface area (Å²) in [6.07, 6.45) is 0. The Morgan fingerprint density at radius 1 is 0.311 bits per heavy atom. The number of para-hydroxylation sites is 1. The number of nitrogens with zero attached hydrogens (tertiary/aromatic N) is 4. The highest BCUT2D eigenvalue weighted by Gasteiger charge is 2.18. The van der Waals surface area contributed by atoms with Crippen LogP contribution in [0.1, 0.15) is 0 Å². The van der Waals surface area contributed by atoms with Gasteiger partial charge in [-0.2, -0.15) is 0 Å². The van der Waals surface area contributed by atoms with E-state index in [0.29, 0.717) is 17.5 Å². The Kier molecular flexibility index (Phi) is 6.98. The summed E-state index contributed by atoms with van der Waals surface area (Å²) in [6, 6.07) is 53.9. The summed E-state index contributed by atoms with van der Waals surface area (Å²) in [5.74, 6) is 1.89. The van der Waals surface area contributed by atoms with Crippen molar-refractivity contribution in [3.05, 3.63) is 158 Å². The summed E-state index contributed by atoms with van der Waals surface area (Å²) in [5, 5.41) is 1.00. The van der Waals surface area contributed by atoms with Crippen molar-refractivity contribution in [2.45, 2.75) is 0 Å². The van der Waals surface area contributed by atoms with E-state index in [0.717, 1.165) is 54.2 Å². The fourth-order valence-electron chi connectivity index (χ4n) is 5.57. The molecule has 45 heavy (non-hydrogen) atoms. The fraction of sp³-hybridized carbons (Fsp3) is 0. The molecule has 0 atom stereocenters. The van der Waals surface area contributed by atoms with Gasteiger partial charge in [0.25, 0.3) is 0 Å². The van der Waals surface area contributed by atoms with E-state index in [2.05, 4.69) is 109 Å². The summed E-state index contributed by atoms with van der Waals surface area (Å²) in [7, 11) is 0. The molecule has 2 aromatic heterocycles. The van der Waals surface area contributed by atoms with Gasteiger partial charge < -0.3 is 0 Å². The zero-order valence-corrected chi connectivity index (χ0v) is 25.0. The first-order valence-electron chi connectivity index (χ1n) is 14.8. The standard InChI is InChI=1S/C40H26N4S/c1-4-13-27(14-5-1)28-23-25-30(26-24-28)38-42-37(29-15-6-2-7-16-29)43-39(44-38)34-20-11-10-19-32(34)33-21-12-22-35-36(33)41-40(45-35)31-17-8-3-9-18-31/h1-26H. The third-order valence-corrected chi connectivity index (χ3v) is 8.89. The molecule has 6 aromatic carbocycles. The first kappa shape index (κ1) is 26.8. The first-order chi connectivity index (χ1) is 22.3. The Bertz CT molecular complexity index is 2250. The zero-order chi connectivity index (χ0) is 30.0. The minimum atomic E-state index is 0.622. The minimum absolute atomic E-state index is 0.622. The third-order valence-electron chi connectivity index (χ3n) is 7.82. The summed E-state index contributed by atoms with van der Waals surface area (Å²) >= 11 is 1.71.